The van der Waals surface area contributed by atoms with Gasteiger partial charge in [-0.25, -0.2) is 8.42 Å². The molecule has 1 N–H and O–H groups in total. The fourth-order valence-electron chi connectivity index (χ4n) is 4.04. The molecule has 0 unspecified atom stereocenters. The minimum Gasteiger partial charge on any atom is -0.347 e. The number of likely N-dealkylation sites (tertiary alicyclic amines) is 1. The van der Waals surface area contributed by atoms with Crippen molar-refractivity contribution in [1.29, 1.82) is 0 Å². The van der Waals surface area contributed by atoms with Crippen LogP contribution in [0.4, 0.5) is 5.69 Å². The van der Waals surface area contributed by atoms with Gasteiger partial charge in [0.05, 0.1) is 34.8 Å². The van der Waals surface area contributed by atoms with Crippen molar-refractivity contribution < 1.29 is 27.5 Å². The molecule has 3 aliphatic rings. The Morgan fingerprint density at radius 1 is 1.30 bits per heavy atom. The molecule has 30 heavy (non-hydrogen) atoms. The summed E-state index contributed by atoms with van der Waals surface area (Å²) in [4.78, 5) is 27.4. The molecule has 0 aromatic heterocycles. The van der Waals surface area contributed by atoms with E-state index in [1.165, 1.54) is 17.8 Å². The lowest BCUT2D eigenvalue weighted by atomic mass is 10.0. The summed E-state index contributed by atoms with van der Waals surface area (Å²) < 4.78 is 37.2. The van der Waals surface area contributed by atoms with E-state index in [1.54, 1.807) is 30.9 Å². The van der Waals surface area contributed by atoms with Crippen molar-refractivity contribution in [3.63, 3.8) is 0 Å². The molecule has 0 saturated carbocycles. The van der Waals surface area contributed by atoms with Crippen LogP contribution in [-0.4, -0.2) is 68.2 Å². The Balaban J connectivity index is 1.41. The van der Waals surface area contributed by atoms with Crippen LogP contribution in [0.3, 0.4) is 0 Å². The van der Waals surface area contributed by atoms with Crippen molar-refractivity contribution >= 4 is 39.1 Å². The summed E-state index contributed by atoms with van der Waals surface area (Å²) in [5, 5.41) is 2.53. The molecule has 2 amide bonds. The zero-order valence-corrected chi connectivity index (χ0v) is 18.7. The molecule has 164 valence electrons. The molecule has 2 atom stereocenters. The molecule has 2 fully saturated rings. The lowest BCUT2D eigenvalue weighted by Crippen LogP contribution is -2.49. The highest BCUT2D eigenvalue weighted by Gasteiger charge is 2.41. The Kier molecular flexibility index (Phi) is 5.86. The zero-order chi connectivity index (χ0) is 21.5. The van der Waals surface area contributed by atoms with E-state index in [2.05, 4.69) is 5.32 Å². The SMILES string of the molecule is C[C@@H](CS(=O)(=O)c1ccc2c(c1)NC(=O)[C@@H](C)S2)C(=O)N1CCC2(CC1)OCCO2. The molecule has 1 spiro atoms. The van der Waals surface area contributed by atoms with Gasteiger partial charge in [-0.05, 0) is 25.1 Å². The largest absolute Gasteiger partial charge is 0.347 e. The Bertz CT molecular complexity index is 948. The van der Waals surface area contributed by atoms with E-state index in [0.717, 1.165) is 4.90 Å². The van der Waals surface area contributed by atoms with E-state index in [9.17, 15) is 18.0 Å². The van der Waals surface area contributed by atoms with Gasteiger partial charge < -0.3 is 19.7 Å². The maximum Gasteiger partial charge on any atom is 0.237 e. The number of piperidine rings is 1. The third kappa shape index (κ3) is 4.23. The van der Waals surface area contributed by atoms with Crippen molar-refractivity contribution in [2.45, 2.75) is 47.5 Å². The molecule has 1 aromatic rings. The highest BCUT2D eigenvalue weighted by Crippen LogP contribution is 2.37. The topological polar surface area (TPSA) is 102 Å². The van der Waals surface area contributed by atoms with Crippen molar-refractivity contribution in [2.75, 3.05) is 37.4 Å². The number of anilines is 1. The summed E-state index contributed by atoms with van der Waals surface area (Å²) in [7, 11) is -3.69. The molecular weight excluding hydrogens is 428 g/mol. The molecule has 0 radical (unpaired) electrons. The van der Waals surface area contributed by atoms with Crippen LogP contribution in [0.1, 0.15) is 26.7 Å². The molecule has 8 nitrogen and oxygen atoms in total. The first-order valence-corrected chi connectivity index (χ1v) is 12.6. The number of carbonyl (C=O) groups is 2. The van der Waals surface area contributed by atoms with Crippen LogP contribution in [0.5, 0.6) is 0 Å². The van der Waals surface area contributed by atoms with Gasteiger partial charge in [-0.1, -0.05) is 6.92 Å². The van der Waals surface area contributed by atoms with Crippen LogP contribution >= 0.6 is 11.8 Å². The monoisotopic (exact) mass is 454 g/mol. The Hall–Kier alpha value is -1.62. The van der Waals surface area contributed by atoms with E-state index in [4.69, 9.17) is 9.47 Å². The molecule has 0 aliphatic carbocycles. The summed E-state index contributed by atoms with van der Waals surface area (Å²) in [6.07, 6.45) is 1.19. The summed E-state index contributed by atoms with van der Waals surface area (Å²) in [5.74, 6) is -1.86. The number of carbonyl (C=O) groups excluding carboxylic acids is 2. The number of sulfone groups is 1. The predicted molar refractivity (Wildman–Crippen MR) is 112 cm³/mol. The van der Waals surface area contributed by atoms with Gasteiger partial charge in [0, 0.05) is 36.7 Å². The van der Waals surface area contributed by atoms with Crippen molar-refractivity contribution in [3.05, 3.63) is 18.2 Å². The number of benzene rings is 1. The average molecular weight is 455 g/mol. The fourth-order valence-corrected chi connectivity index (χ4v) is 6.54. The lowest BCUT2D eigenvalue weighted by Gasteiger charge is -2.38. The smallest absolute Gasteiger partial charge is 0.237 e. The molecule has 0 bridgehead atoms. The normalized spacial score (nSPS) is 24.4. The third-order valence-electron chi connectivity index (χ3n) is 5.78. The first-order chi connectivity index (χ1) is 14.2. The number of thioether (sulfide) groups is 1. The van der Waals surface area contributed by atoms with E-state index in [1.807, 2.05) is 0 Å². The highest BCUT2D eigenvalue weighted by molar-refractivity contribution is 8.01. The van der Waals surface area contributed by atoms with Crippen molar-refractivity contribution in [1.82, 2.24) is 4.90 Å². The van der Waals surface area contributed by atoms with Gasteiger partial charge in [-0.3, -0.25) is 9.59 Å². The van der Waals surface area contributed by atoms with Crippen LogP contribution < -0.4 is 5.32 Å². The number of ether oxygens (including phenoxy) is 2. The third-order valence-corrected chi connectivity index (χ3v) is 8.87. The van der Waals surface area contributed by atoms with E-state index >= 15 is 0 Å². The standard InChI is InChI=1S/C20H26N2O6S2/c1-13(19(24)22-7-5-20(6-8-22)27-9-10-28-20)12-30(25,26)15-3-4-17-16(11-15)21-18(23)14(2)29-17/h3-4,11,13-14H,5-10,12H2,1-2H3,(H,21,23)/t13-,14+/m0/s1. The minimum atomic E-state index is -3.69. The second-order valence-corrected chi connectivity index (χ2v) is 11.4. The summed E-state index contributed by atoms with van der Waals surface area (Å²) >= 11 is 1.40. The molecule has 4 rings (SSSR count). The first-order valence-electron chi connectivity index (χ1n) is 10.1. The fraction of sp³-hybridized carbons (Fsp3) is 0.600. The van der Waals surface area contributed by atoms with Gasteiger partial charge in [0.15, 0.2) is 15.6 Å². The van der Waals surface area contributed by atoms with Crippen molar-refractivity contribution in [2.24, 2.45) is 5.92 Å². The van der Waals surface area contributed by atoms with Crippen LogP contribution in [-0.2, 0) is 28.9 Å². The summed E-state index contributed by atoms with van der Waals surface area (Å²) in [5.41, 5.74) is 0.501. The van der Waals surface area contributed by atoms with E-state index in [-0.39, 0.29) is 27.7 Å². The van der Waals surface area contributed by atoms with E-state index < -0.39 is 21.5 Å². The molecule has 3 aliphatic heterocycles. The Morgan fingerprint density at radius 3 is 2.63 bits per heavy atom. The number of nitrogens with zero attached hydrogens (tertiary/aromatic N) is 1. The predicted octanol–water partition coefficient (Wildman–Crippen LogP) is 1.89. The second-order valence-electron chi connectivity index (χ2n) is 8.02. The molecule has 2 saturated heterocycles. The molecule has 3 heterocycles. The second kappa shape index (κ2) is 8.14. The average Bonchev–Trinajstić information content (AvgIpc) is 3.16. The molecular formula is C20H26N2O6S2. The number of hydrogen-bond donors (Lipinski definition) is 1. The number of nitrogens with one attached hydrogen (secondary N) is 1. The number of rotatable bonds is 4. The highest BCUT2D eigenvalue weighted by atomic mass is 32.2. The van der Waals surface area contributed by atoms with Gasteiger partial charge in [0.1, 0.15) is 0 Å². The van der Waals surface area contributed by atoms with Gasteiger partial charge in [0.2, 0.25) is 11.8 Å². The van der Waals surface area contributed by atoms with Crippen molar-refractivity contribution in [3.8, 4) is 0 Å². The molecule has 1 aromatic carbocycles. The lowest BCUT2D eigenvalue weighted by molar-refractivity contribution is -0.188. The van der Waals surface area contributed by atoms with Gasteiger partial charge in [-0.2, -0.15) is 0 Å². The Morgan fingerprint density at radius 2 is 1.97 bits per heavy atom. The number of amides is 2. The van der Waals surface area contributed by atoms with Gasteiger partial charge in [-0.15, -0.1) is 11.8 Å². The van der Waals surface area contributed by atoms with Gasteiger partial charge in [0.25, 0.3) is 0 Å². The number of fused-ring (bicyclic) bond motifs is 1. The summed E-state index contributed by atoms with van der Waals surface area (Å²) in [6, 6.07) is 4.74. The maximum atomic E-state index is 12.9. The molecule has 10 heteroatoms. The first kappa shape index (κ1) is 21.6. The van der Waals surface area contributed by atoms with Crippen LogP contribution in [0, 0.1) is 5.92 Å². The van der Waals surface area contributed by atoms with Crippen LogP contribution in [0.2, 0.25) is 0 Å². The number of hydrogen-bond acceptors (Lipinski definition) is 7. The quantitative estimate of drug-likeness (QED) is 0.741. The maximum absolute atomic E-state index is 12.9. The Labute approximate surface area is 180 Å². The van der Waals surface area contributed by atoms with Crippen LogP contribution in [0.15, 0.2) is 28.0 Å². The minimum absolute atomic E-state index is 0.113. The summed E-state index contributed by atoms with van der Waals surface area (Å²) in [6.45, 7) is 5.56. The zero-order valence-electron chi connectivity index (χ0n) is 17.0. The van der Waals surface area contributed by atoms with Gasteiger partial charge >= 0.3 is 0 Å². The van der Waals surface area contributed by atoms with Crippen LogP contribution in [0.25, 0.3) is 0 Å². The van der Waals surface area contributed by atoms with E-state index in [0.29, 0.717) is 44.8 Å².